The van der Waals surface area contributed by atoms with Crippen LogP contribution < -0.4 is 16.2 Å². The molecular weight excluding hydrogens is 326 g/mol. The van der Waals surface area contributed by atoms with Crippen molar-refractivity contribution in [1.29, 1.82) is 0 Å². The minimum absolute atomic E-state index is 0.103. The highest BCUT2D eigenvalue weighted by Gasteiger charge is 2.29. The van der Waals surface area contributed by atoms with E-state index in [-0.39, 0.29) is 5.54 Å². The molecule has 7 nitrogen and oxygen atoms in total. The molecule has 2 aliphatic heterocycles. The minimum Gasteiger partial charge on any atom is -0.366 e. The Morgan fingerprint density at radius 3 is 2.88 bits per heavy atom. The lowest BCUT2D eigenvalue weighted by molar-refractivity contribution is 0.196. The summed E-state index contributed by atoms with van der Waals surface area (Å²) in [4.78, 5) is 15.9. The van der Waals surface area contributed by atoms with Crippen molar-refractivity contribution in [1.82, 2.24) is 31.0 Å². The van der Waals surface area contributed by atoms with E-state index in [2.05, 4.69) is 63.1 Å². The van der Waals surface area contributed by atoms with Crippen LogP contribution in [0.2, 0.25) is 0 Å². The van der Waals surface area contributed by atoms with E-state index < -0.39 is 0 Å². The third kappa shape index (κ3) is 3.68. The van der Waals surface area contributed by atoms with Gasteiger partial charge < -0.3 is 15.6 Å². The Bertz CT molecular complexity index is 856. The molecule has 4 rings (SSSR count). The Balaban J connectivity index is 1.54. The predicted octanol–water partition coefficient (Wildman–Crippen LogP) is 1.20. The fourth-order valence-electron chi connectivity index (χ4n) is 3.47. The molecule has 2 aromatic rings. The first-order valence-corrected chi connectivity index (χ1v) is 9.04. The van der Waals surface area contributed by atoms with Crippen LogP contribution >= 0.6 is 0 Å². The van der Waals surface area contributed by atoms with Crippen molar-refractivity contribution in [2.75, 3.05) is 26.2 Å². The zero-order valence-corrected chi connectivity index (χ0v) is 15.3. The van der Waals surface area contributed by atoms with E-state index in [4.69, 9.17) is 4.99 Å². The molecule has 1 fully saturated rings. The molecule has 26 heavy (non-hydrogen) atoms. The van der Waals surface area contributed by atoms with Crippen LogP contribution in [0.3, 0.4) is 0 Å². The van der Waals surface area contributed by atoms with Gasteiger partial charge in [0.2, 0.25) is 0 Å². The van der Waals surface area contributed by atoms with E-state index in [1.165, 1.54) is 5.70 Å². The number of nitrogens with zero attached hydrogens (tertiary/aromatic N) is 4. The Labute approximate surface area is 153 Å². The maximum atomic E-state index is 4.83. The Morgan fingerprint density at radius 2 is 2.04 bits per heavy atom. The van der Waals surface area contributed by atoms with E-state index in [9.17, 15) is 0 Å². The first-order chi connectivity index (χ1) is 12.6. The van der Waals surface area contributed by atoms with Gasteiger partial charge in [-0.2, -0.15) is 0 Å². The number of hydrogen-bond donors (Lipinski definition) is 3. The number of hydrogen-bond acceptors (Lipinski definition) is 6. The second kappa shape index (κ2) is 7.01. The minimum atomic E-state index is 0.103. The summed E-state index contributed by atoms with van der Waals surface area (Å²) in [5, 5.41) is 3.56. The molecule has 0 unspecified atom stereocenters. The SMILES string of the molecule is CC1(C)CN(C2=CCNNC2=NCc2ccc3nccnc3c2)CCN1. The van der Waals surface area contributed by atoms with E-state index in [1.54, 1.807) is 12.4 Å². The molecule has 1 aromatic heterocycles. The first-order valence-electron chi connectivity index (χ1n) is 9.04. The van der Waals surface area contributed by atoms with Gasteiger partial charge in [0.15, 0.2) is 5.84 Å². The molecule has 3 heterocycles. The van der Waals surface area contributed by atoms with Gasteiger partial charge in [0.1, 0.15) is 0 Å². The van der Waals surface area contributed by atoms with Crippen LogP contribution in [0.15, 0.2) is 47.4 Å². The fourth-order valence-corrected chi connectivity index (χ4v) is 3.47. The van der Waals surface area contributed by atoms with Crippen LogP contribution in [0.4, 0.5) is 0 Å². The number of aromatic nitrogens is 2. The molecule has 2 aliphatic rings. The Kier molecular flexibility index (Phi) is 4.57. The fraction of sp³-hybridized carbons (Fsp3) is 0.421. The number of benzene rings is 1. The highest BCUT2D eigenvalue weighted by molar-refractivity contribution is 5.98. The topological polar surface area (TPSA) is 77.5 Å². The molecule has 0 radical (unpaired) electrons. The molecule has 0 aliphatic carbocycles. The normalized spacial score (nSPS) is 21.5. The number of nitrogens with one attached hydrogen (secondary N) is 3. The number of amidine groups is 1. The van der Waals surface area contributed by atoms with Gasteiger partial charge in [0.25, 0.3) is 0 Å². The standard InChI is InChI=1S/C19H25N7/c1-19(2)13-26(10-9-23-19)17-5-6-24-25-18(17)22-12-14-3-4-15-16(11-14)21-8-7-20-15/h3-5,7-8,11,23-24H,6,9-10,12-13H2,1-2H3,(H,22,25). The largest absolute Gasteiger partial charge is 0.366 e. The van der Waals surface area contributed by atoms with E-state index in [1.807, 2.05) is 6.07 Å². The summed E-state index contributed by atoms with van der Waals surface area (Å²) < 4.78 is 0. The van der Waals surface area contributed by atoms with Crippen molar-refractivity contribution in [2.24, 2.45) is 4.99 Å². The molecule has 0 amide bonds. The van der Waals surface area contributed by atoms with Gasteiger partial charge in [0, 0.05) is 44.1 Å². The number of fused-ring (bicyclic) bond motifs is 1. The van der Waals surface area contributed by atoms with Gasteiger partial charge in [-0.3, -0.25) is 15.0 Å². The lowest BCUT2D eigenvalue weighted by Crippen LogP contribution is -2.59. The Morgan fingerprint density at radius 1 is 1.19 bits per heavy atom. The lowest BCUT2D eigenvalue weighted by atomic mass is 10.0. The third-order valence-corrected chi connectivity index (χ3v) is 4.71. The number of rotatable bonds is 3. The van der Waals surface area contributed by atoms with Gasteiger partial charge in [-0.1, -0.05) is 6.07 Å². The van der Waals surface area contributed by atoms with Crippen LogP contribution in [0.25, 0.3) is 11.0 Å². The summed E-state index contributed by atoms with van der Waals surface area (Å²) in [5.74, 6) is 0.896. The van der Waals surface area contributed by atoms with Crippen molar-refractivity contribution in [3.05, 3.63) is 47.9 Å². The first kappa shape index (κ1) is 16.9. The summed E-state index contributed by atoms with van der Waals surface area (Å²) in [6, 6.07) is 6.12. The summed E-state index contributed by atoms with van der Waals surface area (Å²) in [7, 11) is 0. The molecule has 136 valence electrons. The second-order valence-corrected chi connectivity index (χ2v) is 7.37. The van der Waals surface area contributed by atoms with Gasteiger partial charge in [-0.05, 0) is 37.6 Å². The van der Waals surface area contributed by atoms with Gasteiger partial charge in [-0.15, -0.1) is 0 Å². The van der Waals surface area contributed by atoms with Gasteiger partial charge in [-0.25, -0.2) is 5.43 Å². The smallest absolute Gasteiger partial charge is 0.159 e. The summed E-state index contributed by atoms with van der Waals surface area (Å²) in [6.45, 7) is 8.80. The van der Waals surface area contributed by atoms with Crippen LogP contribution in [-0.4, -0.2) is 52.4 Å². The lowest BCUT2D eigenvalue weighted by Gasteiger charge is -2.42. The van der Waals surface area contributed by atoms with Crippen molar-refractivity contribution in [2.45, 2.75) is 25.9 Å². The molecule has 0 bridgehead atoms. The predicted molar refractivity (Wildman–Crippen MR) is 104 cm³/mol. The number of hydrazine groups is 1. The molecule has 3 N–H and O–H groups in total. The maximum Gasteiger partial charge on any atom is 0.159 e. The quantitative estimate of drug-likeness (QED) is 0.771. The van der Waals surface area contributed by atoms with Crippen LogP contribution in [0, 0.1) is 0 Å². The zero-order valence-electron chi connectivity index (χ0n) is 15.3. The van der Waals surface area contributed by atoms with Crippen LogP contribution in [-0.2, 0) is 6.54 Å². The van der Waals surface area contributed by atoms with E-state index in [0.29, 0.717) is 6.54 Å². The molecule has 7 heteroatoms. The van der Waals surface area contributed by atoms with Gasteiger partial charge in [0.05, 0.1) is 23.3 Å². The third-order valence-electron chi connectivity index (χ3n) is 4.71. The summed E-state index contributed by atoms with van der Waals surface area (Å²) in [6.07, 6.45) is 5.64. The van der Waals surface area contributed by atoms with Gasteiger partial charge >= 0.3 is 0 Å². The van der Waals surface area contributed by atoms with Crippen molar-refractivity contribution < 1.29 is 0 Å². The van der Waals surface area contributed by atoms with Crippen LogP contribution in [0.5, 0.6) is 0 Å². The average Bonchev–Trinajstić information content (AvgIpc) is 2.65. The van der Waals surface area contributed by atoms with Crippen molar-refractivity contribution in [3.8, 4) is 0 Å². The average molecular weight is 351 g/mol. The highest BCUT2D eigenvalue weighted by Crippen LogP contribution is 2.18. The molecule has 0 atom stereocenters. The number of piperazine rings is 1. The number of aliphatic imine (C=N–C) groups is 1. The molecular formula is C19H25N7. The van der Waals surface area contributed by atoms with Crippen molar-refractivity contribution >= 4 is 16.9 Å². The second-order valence-electron chi connectivity index (χ2n) is 7.37. The zero-order chi connectivity index (χ0) is 18.0. The maximum absolute atomic E-state index is 4.83. The summed E-state index contributed by atoms with van der Waals surface area (Å²) in [5.41, 5.74) is 10.6. The monoisotopic (exact) mass is 351 g/mol. The van der Waals surface area contributed by atoms with Crippen molar-refractivity contribution in [3.63, 3.8) is 0 Å². The highest BCUT2D eigenvalue weighted by atomic mass is 15.4. The molecule has 1 saturated heterocycles. The van der Waals surface area contributed by atoms with E-state index in [0.717, 1.165) is 48.6 Å². The Hall–Kier alpha value is -2.51. The van der Waals surface area contributed by atoms with E-state index >= 15 is 0 Å². The van der Waals surface area contributed by atoms with Crippen LogP contribution in [0.1, 0.15) is 19.4 Å². The molecule has 0 saturated carbocycles. The molecule has 0 spiro atoms. The summed E-state index contributed by atoms with van der Waals surface area (Å²) >= 11 is 0. The molecule has 1 aromatic carbocycles.